The van der Waals surface area contributed by atoms with E-state index in [-0.39, 0.29) is 0 Å². The molecule has 20 heavy (non-hydrogen) atoms. The van der Waals surface area contributed by atoms with Crippen molar-refractivity contribution in [1.29, 1.82) is 0 Å². The minimum Gasteiger partial charge on any atom is -0.310 e. The molecule has 0 aliphatic heterocycles. The molecule has 0 aliphatic rings. The quantitative estimate of drug-likeness (QED) is 0.731. The predicted octanol–water partition coefficient (Wildman–Crippen LogP) is 4.08. The molecule has 0 radical (unpaired) electrons. The molecule has 1 rings (SSSR count). The van der Waals surface area contributed by atoms with Crippen LogP contribution in [0.1, 0.15) is 56.3 Å². The van der Waals surface area contributed by atoms with Gasteiger partial charge in [-0.1, -0.05) is 39.0 Å². The van der Waals surface area contributed by atoms with Crippen molar-refractivity contribution in [2.75, 3.05) is 26.2 Å². The van der Waals surface area contributed by atoms with E-state index in [2.05, 4.69) is 63.0 Å². The molecule has 0 fully saturated rings. The van der Waals surface area contributed by atoms with Gasteiger partial charge in [-0.2, -0.15) is 0 Å². The maximum atomic E-state index is 3.73. The largest absolute Gasteiger partial charge is 0.310 e. The third-order valence-electron chi connectivity index (χ3n) is 4.29. The van der Waals surface area contributed by atoms with Crippen LogP contribution < -0.4 is 5.32 Å². The predicted molar refractivity (Wildman–Crippen MR) is 89.4 cm³/mol. The topological polar surface area (TPSA) is 15.3 Å². The summed E-state index contributed by atoms with van der Waals surface area (Å²) in [6, 6.07) is 7.17. The molecule has 0 aromatic heterocycles. The van der Waals surface area contributed by atoms with Gasteiger partial charge in [0.25, 0.3) is 0 Å². The van der Waals surface area contributed by atoms with Crippen molar-refractivity contribution >= 4 is 0 Å². The number of nitrogens with one attached hydrogen (secondary N) is 1. The highest BCUT2D eigenvalue weighted by atomic mass is 15.1. The number of aryl methyl sites for hydroxylation is 1. The molecule has 0 saturated heterocycles. The Kier molecular flexibility index (Phi) is 7.86. The molecule has 2 nitrogen and oxygen atoms in total. The van der Waals surface area contributed by atoms with E-state index < -0.39 is 0 Å². The minimum atomic E-state index is 0.482. The van der Waals surface area contributed by atoms with Crippen molar-refractivity contribution in [1.82, 2.24) is 10.2 Å². The Morgan fingerprint density at radius 3 is 2.40 bits per heavy atom. The van der Waals surface area contributed by atoms with E-state index >= 15 is 0 Å². The molecule has 1 aromatic rings. The van der Waals surface area contributed by atoms with E-state index in [1.165, 1.54) is 36.1 Å². The fourth-order valence-corrected chi connectivity index (χ4v) is 2.69. The van der Waals surface area contributed by atoms with Crippen LogP contribution >= 0.6 is 0 Å². The Morgan fingerprint density at radius 1 is 1.10 bits per heavy atom. The van der Waals surface area contributed by atoms with E-state index in [0.717, 1.165) is 19.6 Å². The van der Waals surface area contributed by atoms with Crippen LogP contribution in [-0.4, -0.2) is 31.1 Å². The Hall–Kier alpha value is -0.860. The number of nitrogens with zero attached hydrogens (tertiary/aromatic N) is 1. The monoisotopic (exact) mass is 276 g/mol. The normalized spacial score (nSPS) is 12.9. The van der Waals surface area contributed by atoms with Crippen molar-refractivity contribution in [2.24, 2.45) is 0 Å². The molecule has 0 saturated carbocycles. The van der Waals surface area contributed by atoms with Crippen molar-refractivity contribution in [3.05, 3.63) is 34.9 Å². The molecule has 0 aliphatic carbocycles. The Balaban J connectivity index is 2.80. The molecule has 0 bridgehead atoms. The Labute approximate surface area is 125 Å². The summed E-state index contributed by atoms with van der Waals surface area (Å²) in [6.07, 6.45) is 2.37. The maximum Gasteiger partial charge on any atom is 0.0335 e. The average molecular weight is 276 g/mol. The zero-order valence-electron chi connectivity index (χ0n) is 14.0. The second-order valence-corrected chi connectivity index (χ2v) is 5.61. The van der Waals surface area contributed by atoms with Crippen molar-refractivity contribution in [3.63, 3.8) is 0 Å². The van der Waals surface area contributed by atoms with Gasteiger partial charge in [-0.3, -0.25) is 0 Å². The smallest absolute Gasteiger partial charge is 0.0335 e. The van der Waals surface area contributed by atoms with Crippen LogP contribution in [0.15, 0.2) is 18.2 Å². The number of hydrogen-bond donors (Lipinski definition) is 1. The first kappa shape index (κ1) is 17.2. The Bertz CT molecular complexity index is 383. The number of benzene rings is 1. The van der Waals surface area contributed by atoms with Crippen LogP contribution in [-0.2, 0) is 0 Å². The number of rotatable bonds is 9. The summed E-state index contributed by atoms with van der Waals surface area (Å²) in [5.74, 6) is 0. The first-order valence-corrected chi connectivity index (χ1v) is 8.15. The van der Waals surface area contributed by atoms with E-state index in [0.29, 0.717) is 6.04 Å². The maximum absolute atomic E-state index is 3.73. The minimum absolute atomic E-state index is 0.482. The van der Waals surface area contributed by atoms with Crippen LogP contribution in [0.4, 0.5) is 0 Å². The highest BCUT2D eigenvalue weighted by molar-refractivity contribution is 5.35. The van der Waals surface area contributed by atoms with Crippen LogP contribution in [0.25, 0.3) is 0 Å². The van der Waals surface area contributed by atoms with Gasteiger partial charge < -0.3 is 10.2 Å². The van der Waals surface area contributed by atoms with Crippen LogP contribution in [0.2, 0.25) is 0 Å². The lowest BCUT2D eigenvalue weighted by Gasteiger charge is -2.25. The molecule has 1 atom stereocenters. The molecular formula is C18H32N2. The summed E-state index contributed by atoms with van der Waals surface area (Å²) in [5.41, 5.74) is 4.32. The van der Waals surface area contributed by atoms with Crippen LogP contribution in [0.5, 0.6) is 0 Å². The fraction of sp³-hybridized carbons (Fsp3) is 0.667. The van der Waals surface area contributed by atoms with Crippen LogP contribution in [0.3, 0.4) is 0 Å². The molecule has 1 unspecified atom stereocenters. The van der Waals surface area contributed by atoms with Gasteiger partial charge >= 0.3 is 0 Å². The third kappa shape index (κ3) is 4.92. The van der Waals surface area contributed by atoms with Gasteiger partial charge in [-0.25, -0.2) is 0 Å². The molecule has 114 valence electrons. The number of hydrogen-bond acceptors (Lipinski definition) is 2. The lowest BCUT2D eigenvalue weighted by molar-refractivity contribution is 0.281. The lowest BCUT2D eigenvalue weighted by atomic mass is 9.95. The van der Waals surface area contributed by atoms with Gasteiger partial charge in [-0.15, -0.1) is 0 Å². The average Bonchev–Trinajstić information content (AvgIpc) is 2.46. The zero-order chi connectivity index (χ0) is 15.0. The summed E-state index contributed by atoms with van der Waals surface area (Å²) < 4.78 is 0. The molecule has 1 aromatic carbocycles. The van der Waals surface area contributed by atoms with Gasteiger partial charge in [0, 0.05) is 6.04 Å². The van der Waals surface area contributed by atoms with Gasteiger partial charge in [-0.05, 0) is 69.6 Å². The molecule has 0 amide bonds. The molecule has 0 heterocycles. The molecule has 0 spiro atoms. The zero-order valence-corrected chi connectivity index (χ0v) is 14.0. The Morgan fingerprint density at radius 2 is 1.80 bits per heavy atom. The second-order valence-electron chi connectivity index (χ2n) is 5.61. The van der Waals surface area contributed by atoms with Gasteiger partial charge in [0.1, 0.15) is 0 Å². The third-order valence-corrected chi connectivity index (χ3v) is 4.29. The summed E-state index contributed by atoms with van der Waals surface area (Å²) in [7, 11) is 0. The standard InChI is InChI=1S/C18H32N2/c1-6-13-19-18(12-14-20(7-2)8-3)17-11-9-10-15(4)16(17)5/h9-11,18-19H,6-8,12-14H2,1-5H3. The van der Waals surface area contributed by atoms with E-state index in [9.17, 15) is 0 Å². The van der Waals surface area contributed by atoms with Gasteiger partial charge in [0.2, 0.25) is 0 Å². The van der Waals surface area contributed by atoms with Gasteiger partial charge in [0.05, 0.1) is 0 Å². The van der Waals surface area contributed by atoms with E-state index in [1.807, 2.05) is 0 Å². The van der Waals surface area contributed by atoms with E-state index in [1.54, 1.807) is 0 Å². The van der Waals surface area contributed by atoms with Crippen molar-refractivity contribution < 1.29 is 0 Å². The summed E-state index contributed by atoms with van der Waals surface area (Å²) in [5, 5.41) is 3.73. The van der Waals surface area contributed by atoms with E-state index in [4.69, 9.17) is 0 Å². The van der Waals surface area contributed by atoms with Crippen LogP contribution in [0, 0.1) is 13.8 Å². The first-order chi connectivity index (χ1) is 9.63. The molecular weight excluding hydrogens is 244 g/mol. The fourth-order valence-electron chi connectivity index (χ4n) is 2.69. The lowest BCUT2D eigenvalue weighted by Crippen LogP contribution is -2.30. The second kappa shape index (κ2) is 9.15. The van der Waals surface area contributed by atoms with Crippen molar-refractivity contribution in [2.45, 2.75) is 53.5 Å². The highest BCUT2D eigenvalue weighted by Gasteiger charge is 2.14. The SMILES string of the molecule is CCCNC(CCN(CC)CC)c1cccc(C)c1C. The molecule has 2 heteroatoms. The summed E-state index contributed by atoms with van der Waals surface area (Å²) in [6.45, 7) is 15.7. The first-order valence-electron chi connectivity index (χ1n) is 8.15. The van der Waals surface area contributed by atoms with Crippen molar-refractivity contribution in [3.8, 4) is 0 Å². The highest BCUT2D eigenvalue weighted by Crippen LogP contribution is 2.23. The molecule has 1 N–H and O–H groups in total. The summed E-state index contributed by atoms with van der Waals surface area (Å²) >= 11 is 0. The van der Waals surface area contributed by atoms with Gasteiger partial charge in [0.15, 0.2) is 0 Å². The summed E-state index contributed by atoms with van der Waals surface area (Å²) in [4.78, 5) is 2.51.